The average molecular weight is 252 g/mol. The third-order valence-electron chi connectivity index (χ3n) is 3.49. The van der Waals surface area contributed by atoms with Crippen LogP contribution in [0.2, 0.25) is 0 Å². The minimum absolute atomic E-state index is 0.146. The predicted octanol–water partition coefficient (Wildman–Crippen LogP) is 1.86. The molecule has 4 heteroatoms. The average Bonchev–Trinajstić information content (AvgIpc) is 2.40. The molecule has 1 unspecified atom stereocenters. The maximum Gasteiger partial charge on any atom is 0.126 e. The van der Waals surface area contributed by atoms with Gasteiger partial charge in [0.25, 0.3) is 0 Å². The zero-order chi connectivity index (χ0) is 13.0. The summed E-state index contributed by atoms with van der Waals surface area (Å²) in [7, 11) is 0. The molecule has 1 aromatic carbocycles. The fourth-order valence-corrected chi connectivity index (χ4v) is 2.48. The Morgan fingerprint density at radius 1 is 1.39 bits per heavy atom. The van der Waals surface area contributed by atoms with E-state index in [0.29, 0.717) is 12.1 Å². The monoisotopic (exact) mass is 252 g/mol. The second-order valence-corrected chi connectivity index (χ2v) is 4.75. The van der Waals surface area contributed by atoms with Crippen LogP contribution in [0.1, 0.15) is 23.6 Å². The zero-order valence-electron chi connectivity index (χ0n) is 10.9. The molecule has 0 saturated carbocycles. The normalized spacial score (nSPS) is 18.8. The molecule has 1 atom stereocenters. The number of morpholine rings is 1. The van der Waals surface area contributed by atoms with Crippen LogP contribution in [0.15, 0.2) is 18.2 Å². The molecule has 0 aromatic heterocycles. The molecule has 3 nitrogen and oxygen atoms in total. The van der Waals surface area contributed by atoms with Gasteiger partial charge in [0.1, 0.15) is 5.82 Å². The second kappa shape index (κ2) is 6.27. The first-order valence-corrected chi connectivity index (χ1v) is 6.50. The van der Waals surface area contributed by atoms with Crippen LogP contribution in [0.25, 0.3) is 0 Å². The topological polar surface area (TPSA) is 38.5 Å². The summed E-state index contributed by atoms with van der Waals surface area (Å²) in [5, 5.41) is 0. The van der Waals surface area contributed by atoms with Crippen molar-refractivity contribution < 1.29 is 9.13 Å². The number of ether oxygens (including phenoxy) is 1. The standard InChI is InChI=1S/C14H21FN2O/c1-11-10-12(2-3-13(11)15)14(4-5-16)17-6-8-18-9-7-17/h2-3,10,14H,4-9,16H2,1H3. The van der Waals surface area contributed by atoms with Crippen LogP contribution in [0.4, 0.5) is 4.39 Å². The van der Waals surface area contributed by atoms with Crippen LogP contribution < -0.4 is 5.73 Å². The van der Waals surface area contributed by atoms with Crippen molar-refractivity contribution in [2.45, 2.75) is 19.4 Å². The lowest BCUT2D eigenvalue weighted by Crippen LogP contribution is -2.39. The smallest absolute Gasteiger partial charge is 0.126 e. The molecule has 2 rings (SSSR count). The molecule has 0 amide bonds. The van der Waals surface area contributed by atoms with E-state index in [0.717, 1.165) is 38.3 Å². The lowest BCUT2D eigenvalue weighted by atomic mass is 9.99. The lowest BCUT2D eigenvalue weighted by molar-refractivity contribution is 0.0147. The molecule has 1 heterocycles. The Hall–Kier alpha value is -0.970. The molecular formula is C14H21FN2O. The number of halogens is 1. The van der Waals surface area contributed by atoms with E-state index in [4.69, 9.17) is 10.5 Å². The SMILES string of the molecule is Cc1cc(C(CCN)N2CCOCC2)ccc1F. The Kier molecular flexibility index (Phi) is 4.69. The highest BCUT2D eigenvalue weighted by Gasteiger charge is 2.22. The molecule has 0 radical (unpaired) electrons. The van der Waals surface area contributed by atoms with E-state index in [2.05, 4.69) is 4.90 Å². The van der Waals surface area contributed by atoms with Crippen molar-refractivity contribution in [3.8, 4) is 0 Å². The fraction of sp³-hybridized carbons (Fsp3) is 0.571. The van der Waals surface area contributed by atoms with Gasteiger partial charge in [-0.2, -0.15) is 0 Å². The number of hydrogen-bond donors (Lipinski definition) is 1. The number of aryl methyl sites for hydroxylation is 1. The summed E-state index contributed by atoms with van der Waals surface area (Å²) in [6, 6.07) is 5.64. The van der Waals surface area contributed by atoms with Crippen LogP contribution >= 0.6 is 0 Å². The van der Waals surface area contributed by atoms with E-state index < -0.39 is 0 Å². The first-order chi connectivity index (χ1) is 8.72. The zero-order valence-corrected chi connectivity index (χ0v) is 10.9. The number of rotatable bonds is 4. The quantitative estimate of drug-likeness (QED) is 0.889. The summed E-state index contributed by atoms with van der Waals surface area (Å²) in [6.07, 6.45) is 0.894. The summed E-state index contributed by atoms with van der Waals surface area (Å²) in [4.78, 5) is 2.38. The molecular weight excluding hydrogens is 231 g/mol. The van der Waals surface area contributed by atoms with Crippen molar-refractivity contribution in [2.75, 3.05) is 32.8 Å². The number of benzene rings is 1. The highest BCUT2D eigenvalue weighted by atomic mass is 19.1. The van der Waals surface area contributed by atoms with E-state index in [1.54, 1.807) is 13.0 Å². The van der Waals surface area contributed by atoms with Crippen molar-refractivity contribution in [1.82, 2.24) is 4.90 Å². The third kappa shape index (κ3) is 3.07. The van der Waals surface area contributed by atoms with Crippen molar-refractivity contribution >= 4 is 0 Å². The molecule has 0 spiro atoms. The molecule has 0 bridgehead atoms. The van der Waals surface area contributed by atoms with Crippen molar-refractivity contribution in [1.29, 1.82) is 0 Å². The molecule has 100 valence electrons. The first kappa shape index (κ1) is 13.5. The molecule has 1 aliphatic heterocycles. The highest BCUT2D eigenvalue weighted by molar-refractivity contribution is 5.26. The minimum atomic E-state index is -0.146. The number of hydrogen-bond acceptors (Lipinski definition) is 3. The molecule has 2 N–H and O–H groups in total. The Balaban J connectivity index is 2.19. The van der Waals surface area contributed by atoms with Crippen LogP contribution in [0, 0.1) is 12.7 Å². The largest absolute Gasteiger partial charge is 0.379 e. The van der Waals surface area contributed by atoms with Gasteiger partial charge in [-0.25, -0.2) is 4.39 Å². The van der Waals surface area contributed by atoms with Gasteiger partial charge in [-0.1, -0.05) is 12.1 Å². The fourth-order valence-electron chi connectivity index (χ4n) is 2.48. The van der Waals surface area contributed by atoms with E-state index in [-0.39, 0.29) is 11.9 Å². The number of nitrogens with zero attached hydrogens (tertiary/aromatic N) is 1. The van der Waals surface area contributed by atoms with Gasteiger partial charge in [-0.3, -0.25) is 4.90 Å². The Labute approximate surface area is 108 Å². The van der Waals surface area contributed by atoms with Gasteiger partial charge in [0.15, 0.2) is 0 Å². The van der Waals surface area contributed by atoms with E-state index in [9.17, 15) is 4.39 Å². The molecule has 18 heavy (non-hydrogen) atoms. The summed E-state index contributed by atoms with van der Waals surface area (Å²) in [5.74, 6) is -0.146. The van der Waals surface area contributed by atoms with E-state index >= 15 is 0 Å². The second-order valence-electron chi connectivity index (χ2n) is 4.75. The third-order valence-corrected chi connectivity index (χ3v) is 3.49. The molecule has 1 aliphatic rings. The molecule has 1 fully saturated rings. The van der Waals surface area contributed by atoms with Crippen LogP contribution in [-0.2, 0) is 4.74 Å². The van der Waals surface area contributed by atoms with Gasteiger partial charge in [0.05, 0.1) is 13.2 Å². The lowest BCUT2D eigenvalue weighted by Gasteiger charge is -2.34. The summed E-state index contributed by atoms with van der Waals surface area (Å²) in [5.41, 5.74) is 7.56. The maximum atomic E-state index is 13.3. The summed E-state index contributed by atoms with van der Waals surface area (Å²) < 4.78 is 18.7. The van der Waals surface area contributed by atoms with Gasteiger partial charge in [-0.05, 0) is 37.1 Å². The Bertz CT molecular complexity index is 391. The van der Waals surface area contributed by atoms with Crippen molar-refractivity contribution in [3.05, 3.63) is 35.1 Å². The van der Waals surface area contributed by atoms with Crippen LogP contribution in [0.5, 0.6) is 0 Å². The van der Waals surface area contributed by atoms with E-state index in [1.807, 2.05) is 12.1 Å². The van der Waals surface area contributed by atoms with Gasteiger partial charge < -0.3 is 10.5 Å². The first-order valence-electron chi connectivity index (χ1n) is 6.50. The predicted molar refractivity (Wildman–Crippen MR) is 69.9 cm³/mol. The molecule has 1 saturated heterocycles. The summed E-state index contributed by atoms with van der Waals surface area (Å²) >= 11 is 0. The van der Waals surface area contributed by atoms with E-state index in [1.165, 1.54) is 0 Å². The minimum Gasteiger partial charge on any atom is -0.379 e. The Morgan fingerprint density at radius 3 is 2.72 bits per heavy atom. The van der Waals surface area contributed by atoms with Crippen molar-refractivity contribution in [2.24, 2.45) is 5.73 Å². The molecule has 0 aliphatic carbocycles. The maximum absolute atomic E-state index is 13.3. The highest BCUT2D eigenvalue weighted by Crippen LogP contribution is 2.26. The van der Waals surface area contributed by atoms with Gasteiger partial charge in [0.2, 0.25) is 0 Å². The van der Waals surface area contributed by atoms with Crippen LogP contribution in [-0.4, -0.2) is 37.7 Å². The molecule has 1 aromatic rings. The summed E-state index contributed by atoms with van der Waals surface area (Å²) in [6.45, 7) is 5.81. The van der Waals surface area contributed by atoms with Gasteiger partial charge >= 0.3 is 0 Å². The Morgan fingerprint density at radius 2 is 2.11 bits per heavy atom. The van der Waals surface area contributed by atoms with Gasteiger partial charge in [-0.15, -0.1) is 0 Å². The van der Waals surface area contributed by atoms with Crippen LogP contribution in [0.3, 0.4) is 0 Å². The van der Waals surface area contributed by atoms with Crippen molar-refractivity contribution in [3.63, 3.8) is 0 Å². The van der Waals surface area contributed by atoms with Gasteiger partial charge in [0, 0.05) is 19.1 Å². The number of nitrogens with two attached hydrogens (primary N) is 1.